The highest BCUT2D eigenvalue weighted by Crippen LogP contribution is 2.34. The summed E-state index contributed by atoms with van der Waals surface area (Å²) < 4.78 is 17.6. The largest absolute Gasteiger partial charge is 0.418 e. The summed E-state index contributed by atoms with van der Waals surface area (Å²) in [6, 6.07) is 5.45. The highest BCUT2D eigenvalue weighted by atomic mass is 79.9. The van der Waals surface area contributed by atoms with Gasteiger partial charge in [0.2, 0.25) is 11.8 Å². The van der Waals surface area contributed by atoms with E-state index >= 15 is 0 Å². The Morgan fingerprint density at radius 1 is 1.35 bits per heavy atom. The van der Waals surface area contributed by atoms with Crippen molar-refractivity contribution in [2.24, 2.45) is 0 Å². The molecule has 2 heterocycles. The van der Waals surface area contributed by atoms with Gasteiger partial charge in [-0.1, -0.05) is 11.6 Å². The van der Waals surface area contributed by atoms with Crippen LogP contribution in [0.5, 0.6) is 0 Å². The van der Waals surface area contributed by atoms with Crippen LogP contribution in [0.15, 0.2) is 27.1 Å². The quantitative estimate of drug-likeness (QED) is 0.812. The van der Waals surface area contributed by atoms with Gasteiger partial charge in [0.1, 0.15) is 0 Å². The Hall–Kier alpha value is -0.950. The van der Waals surface area contributed by atoms with Crippen molar-refractivity contribution >= 4 is 27.5 Å². The minimum absolute atomic E-state index is 0.336. The van der Waals surface area contributed by atoms with Crippen molar-refractivity contribution in [3.63, 3.8) is 0 Å². The smallest absolute Gasteiger partial charge is 0.248 e. The maximum absolute atomic E-state index is 6.05. The number of benzene rings is 1. The summed E-state index contributed by atoms with van der Waals surface area (Å²) in [6.45, 7) is 4.09. The van der Waals surface area contributed by atoms with Gasteiger partial charge in [0.25, 0.3) is 0 Å². The van der Waals surface area contributed by atoms with E-state index in [2.05, 4.69) is 26.1 Å². The molecule has 0 saturated carbocycles. The Labute approximate surface area is 129 Å². The molecule has 7 heteroatoms. The number of rotatable bonds is 2. The summed E-state index contributed by atoms with van der Waals surface area (Å²) in [5, 5.41) is 8.63. The molecule has 1 atom stereocenters. The van der Waals surface area contributed by atoms with Crippen molar-refractivity contribution < 1.29 is 13.9 Å². The zero-order chi connectivity index (χ0) is 14.3. The normalized spacial score (nSPS) is 21.3. The van der Waals surface area contributed by atoms with Gasteiger partial charge in [-0.05, 0) is 48.0 Å². The van der Waals surface area contributed by atoms with Crippen molar-refractivity contribution in [1.29, 1.82) is 0 Å². The minimum atomic E-state index is -0.625. The van der Waals surface area contributed by atoms with Crippen molar-refractivity contribution in [2.45, 2.75) is 25.7 Å². The summed E-state index contributed by atoms with van der Waals surface area (Å²) >= 11 is 9.39. The van der Waals surface area contributed by atoms with Gasteiger partial charge in [-0.15, -0.1) is 10.2 Å². The van der Waals surface area contributed by atoms with Crippen LogP contribution in [0.25, 0.3) is 11.5 Å². The second-order valence-corrected chi connectivity index (χ2v) is 6.15. The van der Waals surface area contributed by atoms with Crippen LogP contribution in [0.1, 0.15) is 25.8 Å². The van der Waals surface area contributed by atoms with Crippen molar-refractivity contribution in [3.8, 4) is 11.5 Å². The van der Waals surface area contributed by atoms with E-state index in [0.717, 1.165) is 10.0 Å². The third-order valence-electron chi connectivity index (χ3n) is 2.89. The van der Waals surface area contributed by atoms with Crippen LogP contribution in [0.2, 0.25) is 5.02 Å². The Kier molecular flexibility index (Phi) is 3.58. The first kappa shape index (κ1) is 14.0. The molecule has 0 radical (unpaired) electrons. The van der Waals surface area contributed by atoms with Gasteiger partial charge in [-0.25, -0.2) is 0 Å². The fourth-order valence-corrected chi connectivity index (χ4v) is 2.35. The molecular formula is C13H12BrClN2O3. The van der Waals surface area contributed by atoms with E-state index in [1.165, 1.54) is 0 Å². The minimum Gasteiger partial charge on any atom is -0.418 e. The maximum Gasteiger partial charge on any atom is 0.248 e. The predicted octanol–water partition coefficient (Wildman–Crippen LogP) is 3.98. The number of halogens is 2. The average Bonchev–Trinajstić information content (AvgIpc) is 2.99. The lowest BCUT2D eigenvalue weighted by atomic mass is 10.2. The van der Waals surface area contributed by atoms with Gasteiger partial charge in [0.05, 0.1) is 11.6 Å². The highest BCUT2D eigenvalue weighted by Gasteiger charge is 2.36. The molecule has 1 aromatic heterocycles. The lowest BCUT2D eigenvalue weighted by Crippen LogP contribution is -2.19. The monoisotopic (exact) mass is 358 g/mol. The molecule has 0 N–H and O–H groups in total. The molecule has 0 amide bonds. The number of ether oxygens (including phenoxy) is 2. The van der Waals surface area contributed by atoms with E-state index in [4.69, 9.17) is 25.5 Å². The number of hydrogen-bond donors (Lipinski definition) is 0. The predicted molar refractivity (Wildman–Crippen MR) is 76.3 cm³/mol. The lowest BCUT2D eigenvalue weighted by molar-refractivity contribution is -0.141. The molecular weight excluding hydrogens is 348 g/mol. The molecule has 1 aliphatic rings. The van der Waals surface area contributed by atoms with E-state index in [9.17, 15) is 0 Å². The van der Waals surface area contributed by atoms with Crippen LogP contribution < -0.4 is 0 Å². The van der Waals surface area contributed by atoms with E-state index in [-0.39, 0.29) is 6.10 Å². The van der Waals surface area contributed by atoms with Crippen LogP contribution in [0.4, 0.5) is 0 Å². The zero-order valence-corrected chi connectivity index (χ0v) is 13.2. The molecule has 1 fully saturated rings. The summed E-state index contributed by atoms with van der Waals surface area (Å²) in [6.07, 6.45) is -0.336. The Morgan fingerprint density at radius 3 is 2.80 bits per heavy atom. The first-order valence-corrected chi connectivity index (χ1v) is 7.22. The van der Waals surface area contributed by atoms with E-state index in [1.54, 1.807) is 6.07 Å². The van der Waals surface area contributed by atoms with Crippen LogP contribution in [0.3, 0.4) is 0 Å². The van der Waals surface area contributed by atoms with Gasteiger partial charge in [-0.3, -0.25) is 0 Å². The molecule has 106 valence electrons. The average molecular weight is 360 g/mol. The second kappa shape index (κ2) is 5.11. The molecule has 5 nitrogen and oxygen atoms in total. The Morgan fingerprint density at radius 2 is 2.15 bits per heavy atom. The number of aromatic nitrogens is 2. The summed E-state index contributed by atoms with van der Waals surface area (Å²) in [5.41, 5.74) is 0.759. The van der Waals surface area contributed by atoms with Crippen molar-refractivity contribution in [3.05, 3.63) is 33.6 Å². The lowest BCUT2D eigenvalue weighted by Gasteiger charge is -2.15. The van der Waals surface area contributed by atoms with Gasteiger partial charge >= 0.3 is 0 Å². The van der Waals surface area contributed by atoms with E-state index in [0.29, 0.717) is 23.4 Å². The van der Waals surface area contributed by atoms with Gasteiger partial charge in [-0.2, -0.15) is 0 Å². The van der Waals surface area contributed by atoms with Gasteiger partial charge in [0.15, 0.2) is 11.9 Å². The fourth-order valence-electron chi connectivity index (χ4n) is 1.92. The van der Waals surface area contributed by atoms with Crippen LogP contribution in [-0.2, 0) is 9.47 Å². The Bertz CT molecular complexity index is 644. The molecule has 0 bridgehead atoms. The third kappa shape index (κ3) is 2.74. The molecule has 1 saturated heterocycles. The molecule has 1 aliphatic heterocycles. The fraction of sp³-hybridized carbons (Fsp3) is 0.385. The van der Waals surface area contributed by atoms with Gasteiger partial charge < -0.3 is 13.9 Å². The summed E-state index contributed by atoms with van der Waals surface area (Å²) in [5.74, 6) is 0.188. The topological polar surface area (TPSA) is 57.4 Å². The van der Waals surface area contributed by atoms with Crippen molar-refractivity contribution in [1.82, 2.24) is 10.2 Å². The van der Waals surface area contributed by atoms with Gasteiger partial charge in [0, 0.05) is 10.0 Å². The zero-order valence-electron chi connectivity index (χ0n) is 10.9. The van der Waals surface area contributed by atoms with Crippen molar-refractivity contribution in [2.75, 3.05) is 6.61 Å². The van der Waals surface area contributed by atoms with E-state index in [1.807, 2.05) is 26.0 Å². The highest BCUT2D eigenvalue weighted by molar-refractivity contribution is 9.10. The standard InChI is InChI=1S/C13H12BrClN2O3/c1-13(2)18-6-10(20-13)12-17-16-11(19-12)7-3-4-8(14)9(15)5-7/h3-5,10H,6H2,1-2H3/t10-/m1/s1. The molecule has 0 spiro atoms. The van der Waals surface area contributed by atoms with E-state index < -0.39 is 5.79 Å². The molecule has 3 rings (SSSR count). The molecule has 0 unspecified atom stereocenters. The summed E-state index contributed by atoms with van der Waals surface area (Å²) in [7, 11) is 0. The molecule has 0 aliphatic carbocycles. The van der Waals surface area contributed by atoms with Crippen LogP contribution >= 0.6 is 27.5 Å². The van der Waals surface area contributed by atoms with Crippen LogP contribution in [0, 0.1) is 0 Å². The first-order valence-electron chi connectivity index (χ1n) is 6.05. The second-order valence-electron chi connectivity index (χ2n) is 4.89. The molecule has 1 aromatic carbocycles. The van der Waals surface area contributed by atoms with Crippen LogP contribution in [-0.4, -0.2) is 22.6 Å². The summed E-state index contributed by atoms with van der Waals surface area (Å²) in [4.78, 5) is 0. The first-order chi connectivity index (χ1) is 9.44. The maximum atomic E-state index is 6.05. The molecule has 20 heavy (non-hydrogen) atoms. The Balaban J connectivity index is 1.85. The molecule has 2 aromatic rings. The SMILES string of the molecule is CC1(C)OC[C@H](c2nnc(-c3ccc(Br)c(Cl)c3)o2)O1. The number of hydrogen-bond acceptors (Lipinski definition) is 5. The number of nitrogens with zero attached hydrogens (tertiary/aromatic N) is 2. The third-order valence-corrected chi connectivity index (χ3v) is 4.12.